The van der Waals surface area contributed by atoms with Crippen LogP contribution in [0.4, 0.5) is 14.9 Å². The Kier molecular flexibility index (Phi) is 4.62. The molecule has 0 unspecified atom stereocenters. The fraction of sp³-hybridized carbons (Fsp3) is 0.429. The van der Waals surface area contributed by atoms with Gasteiger partial charge in [0.05, 0.1) is 6.61 Å². The quantitative estimate of drug-likeness (QED) is 0.893. The highest BCUT2D eigenvalue weighted by Crippen LogP contribution is 2.23. The molecule has 6 nitrogen and oxygen atoms in total. The van der Waals surface area contributed by atoms with Crippen LogP contribution in [0.2, 0.25) is 0 Å². The van der Waals surface area contributed by atoms with E-state index in [1.165, 1.54) is 17.0 Å². The van der Waals surface area contributed by atoms with Crippen molar-refractivity contribution >= 4 is 17.7 Å². The third kappa shape index (κ3) is 3.42. The van der Waals surface area contributed by atoms with Crippen molar-refractivity contribution in [1.29, 1.82) is 0 Å². The number of carbonyl (C=O) groups is 2. The molecule has 1 fully saturated rings. The number of nitrogens with zero attached hydrogens (tertiary/aromatic N) is 1. The number of carboxylic acid groups (broad SMARTS) is 1. The number of urea groups is 1. The smallest absolute Gasteiger partial charge is 0.326 e. The topological polar surface area (TPSA) is 78.9 Å². The first kappa shape index (κ1) is 15.1. The van der Waals surface area contributed by atoms with E-state index in [0.29, 0.717) is 26.0 Å². The fourth-order valence-electron chi connectivity index (χ4n) is 2.31. The highest BCUT2D eigenvalue weighted by atomic mass is 19.1. The van der Waals surface area contributed by atoms with Crippen LogP contribution in [0.5, 0.6) is 5.75 Å². The van der Waals surface area contributed by atoms with Gasteiger partial charge >= 0.3 is 12.0 Å². The van der Waals surface area contributed by atoms with E-state index in [1.807, 2.05) is 0 Å². The number of hydrogen-bond donors (Lipinski definition) is 2. The van der Waals surface area contributed by atoms with Crippen molar-refractivity contribution in [3.05, 3.63) is 24.0 Å². The minimum atomic E-state index is -1.03. The molecule has 1 aliphatic rings. The van der Waals surface area contributed by atoms with E-state index in [-0.39, 0.29) is 11.4 Å². The zero-order chi connectivity index (χ0) is 15.4. The Hall–Kier alpha value is -2.31. The van der Waals surface area contributed by atoms with Crippen LogP contribution >= 0.6 is 0 Å². The first-order chi connectivity index (χ1) is 10.0. The van der Waals surface area contributed by atoms with Crippen molar-refractivity contribution in [2.24, 2.45) is 0 Å². The number of amides is 2. The lowest BCUT2D eigenvalue weighted by Crippen LogP contribution is -2.42. The molecule has 1 aromatic rings. The molecule has 7 heteroatoms. The zero-order valence-electron chi connectivity index (χ0n) is 11.6. The maximum absolute atomic E-state index is 13.7. The van der Waals surface area contributed by atoms with E-state index < -0.39 is 23.9 Å². The minimum Gasteiger partial charge on any atom is -0.491 e. The predicted molar refractivity (Wildman–Crippen MR) is 74.0 cm³/mol. The summed E-state index contributed by atoms with van der Waals surface area (Å²) < 4.78 is 18.8. The van der Waals surface area contributed by atoms with Gasteiger partial charge < -0.3 is 20.1 Å². The molecule has 0 bridgehead atoms. The number of nitrogens with one attached hydrogen (secondary N) is 1. The van der Waals surface area contributed by atoms with Crippen LogP contribution in [0.3, 0.4) is 0 Å². The van der Waals surface area contributed by atoms with E-state index in [4.69, 9.17) is 9.84 Å². The molecule has 2 N–H and O–H groups in total. The van der Waals surface area contributed by atoms with E-state index in [0.717, 1.165) is 6.07 Å². The Labute approximate surface area is 121 Å². The molecule has 0 spiro atoms. The first-order valence-electron chi connectivity index (χ1n) is 6.75. The van der Waals surface area contributed by atoms with Crippen LogP contribution in [-0.4, -0.2) is 41.2 Å². The molecule has 114 valence electrons. The van der Waals surface area contributed by atoms with Crippen LogP contribution in [0.1, 0.15) is 19.8 Å². The largest absolute Gasteiger partial charge is 0.491 e. The minimum absolute atomic E-state index is 0.111. The molecule has 1 saturated heterocycles. The van der Waals surface area contributed by atoms with Gasteiger partial charge in [0.25, 0.3) is 0 Å². The Bertz CT molecular complexity index is 550. The van der Waals surface area contributed by atoms with Crippen LogP contribution in [-0.2, 0) is 4.79 Å². The van der Waals surface area contributed by atoms with Crippen molar-refractivity contribution in [3.63, 3.8) is 0 Å². The highest BCUT2D eigenvalue weighted by Gasteiger charge is 2.34. The fourth-order valence-corrected chi connectivity index (χ4v) is 2.31. The zero-order valence-corrected chi connectivity index (χ0v) is 11.6. The number of carboxylic acids is 1. The number of rotatable bonds is 4. The number of likely N-dealkylation sites (tertiary alicyclic amines) is 1. The molecule has 2 rings (SSSR count). The van der Waals surface area contributed by atoms with Gasteiger partial charge in [-0.2, -0.15) is 0 Å². The molecule has 2 amide bonds. The second-order valence-electron chi connectivity index (χ2n) is 4.70. The van der Waals surface area contributed by atoms with Gasteiger partial charge in [0, 0.05) is 18.3 Å². The number of anilines is 1. The second-order valence-corrected chi connectivity index (χ2v) is 4.70. The molecule has 0 radical (unpaired) electrons. The van der Waals surface area contributed by atoms with E-state index in [1.54, 1.807) is 6.92 Å². The van der Waals surface area contributed by atoms with Crippen molar-refractivity contribution < 1.29 is 23.8 Å². The number of benzene rings is 1. The molecule has 1 aromatic carbocycles. The van der Waals surface area contributed by atoms with Crippen LogP contribution in [0.15, 0.2) is 18.2 Å². The SMILES string of the molecule is CCOc1ccc(NC(=O)N2CCC[C@@H]2C(=O)O)cc1F. The standard InChI is InChI=1S/C14H17FN2O4/c1-2-21-12-6-5-9(8-10(12)15)16-14(20)17-7-3-4-11(17)13(18)19/h5-6,8,11H,2-4,7H2,1H3,(H,16,20)(H,18,19)/t11-/m1/s1. The van der Waals surface area contributed by atoms with Crippen molar-refractivity contribution in [2.75, 3.05) is 18.5 Å². The molecule has 21 heavy (non-hydrogen) atoms. The van der Waals surface area contributed by atoms with Gasteiger partial charge in [-0.15, -0.1) is 0 Å². The molecular weight excluding hydrogens is 279 g/mol. The lowest BCUT2D eigenvalue weighted by molar-refractivity contribution is -0.141. The highest BCUT2D eigenvalue weighted by molar-refractivity contribution is 5.92. The summed E-state index contributed by atoms with van der Waals surface area (Å²) in [5.41, 5.74) is 0.261. The maximum atomic E-state index is 13.7. The van der Waals surface area contributed by atoms with E-state index in [2.05, 4.69) is 5.32 Å². The molecule has 1 atom stereocenters. The normalized spacial score (nSPS) is 17.6. The lowest BCUT2D eigenvalue weighted by Gasteiger charge is -2.21. The Morgan fingerprint density at radius 2 is 2.29 bits per heavy atom. The predicted octanol–water partition coefficient (Wildman–Crippen LogP) is 2.31. The van der Waals surface area contributed by atoms with E-state index in [9.17, 15) is 14.0 Å². The number of ether oxygens (including phenoxy) is 1. The van der Waals surface area contributed by atoms with Crippen LogP contribution < -0.4 is 10.1 Å². The van der Waals surface area contributed by atoms with Gasteiger partial charge in [-0.3, -0.25) is 0 Å². The van der Waals surface area contributed by atoms with Gasteiger partial charge in [-0.05, 0) is 31.9 Å². The number of aliphatic carboxylic acids is 1. The summed E-state index contributed by atoms with van der Waals surface area (Å²) in [5, 5.41) is 11.5. The molecule has 0 aromatic heterocycles. The molecule has 1 aliphatic heterocycles. The maximum Gasteiger partial charge on any atom is 0.326 e. The van der Waals surface area contributed by atoms with Gasteiger partial charge in [-0.1, -0.05) is 0 Å². The number of halogens is 1. The average Bonchev–Trinajstić information content (AvgIpc) is 2.91. The molecule has 1 heterocycles. The summed E-state index contributed by atoms with van der Waals surface area (Å²) in [6, 6.07) is 2.72. The summed E-state index contributed by atoms with van der Waals surface area (Å²) in [7, 11) is 0. The van der Waals surface area contributed by atoms with Crippen molar-refractivity contribution in [3.8, 4) is 5.75 Å². The summed E-state index contributed by atoms with van der Waals surface area (Å²) in [5.74, 6) is -1.49. The van der Waals surface area contributed by atoms with E-state index >= 15 is 0 Å². The lowest BCUT2D eigenvalue weighted by atomic mass is 10.2. The number of hydrogen-bond acceptors (Lipinski definition) is 3. The molecule has 0 saturated carbocycles. The Morgan fingerprint density at radius 3 is 2.90 bits per heavy atom. The first-order valence-corrected chi connectivity index (χ1v) is 6.75. The number of carbonyl (C=O) groups excluding carboxylic acids is 1. The monoisotopic (exact) mass is 296 g/mol. The van der Waals surface area contributed by atoms with Gasteiger partial charge in [0.2, 0.25) is 0 Å². The van der Waals surface area contributed by atoms with Crippen LogP contribution in [0, 0.1) is 5.82 Å². The molecular formula is C14H17FN2O4. The summed E-state index contributed by atoms with van der Waals surface area (Å²) in [4.78, 5) is 24.3. The van der Waals surface area contributed by atoms with Crippen LogP contribution in [0.25, 0.3) is 0 Å². The Balaban J connectivity index is 2.06. The van der Waals surface area contributed by atoms with Crippen molar-refractivity contribution in [2.45, 2.75) is 25.8 Å². The third-order valence-corrected chi connectivity index (χ3v) is 3.28. The van der Waals surface area contributed by atoms with Gasteiger partial charge in [-0.25, -0.2) is 14.0 Å². The molecule has 0 aliphatic carbocycles. The summed E-state index contributed by atoms with van der Waals surface area (Å²) >= 11 is 0. The Morgan fingerprint density at radius 1 is 1.52 bits per heavy atom. The van der Waals surface area contributed by atoms with Crippen molar-refractivity contribution in [1.82, 2.24) is 4.90 Å². The van der Waals surface area contributed by atoms with Gasteiger partial charge in [0.15, 0.2) is 11.6 Å². The third-order valence-electron chi connectivity index (χ3n) is 3.28. The van der Waals surface area contributed by atoms with Gasteiger partial charge in [0.1, 0.15) is 6.04 Å². The average molecular weight is 296 g/mol. The summed E-state index contributed by atoms with van der Waals surface area (Å²) in [6.45, 7) is 2.47. The second kappa shape index (κ2) is 6.43. The summed E-state index contributed by atoms with van der Waals surface area (Å²) in [6.07, 6.45) is 1.07.